The molecule has 2 rings (SSSR count). The summed E-state index contributed by atoms with van der Waals surface area (Å²) in [6.45, 7) is 2.02. The van der Waals surface area contributed by atoms with Gasteiger partial charge in [0, 0.05) is 12.7 Å². The summed E-state index contributed by atoms with van der Waals surface area (Å²) in [5.74, 6) is -0.395. The van der Waals surface area contributed by atoms with Gasteiger partial charge in [0.2, 0.25) is 5.91 Å². The largest absolute Gasteiger partial charge is 0.435 e. The predicted octanol–water partition coefficient (Wildman–Crippen LogP) is 2.53. The molecule has 0 saturated heterocycles. The number of nitrogens with zero attached hydrogens (tertiary/aromatic N) is 2. The van der Waals surface area contributed by atoms with E-state index in [1.54, 1.807) is 0 Å². The van der Waals surface area contributed by atoms with Crippen molar-refractivity contribution in [1.29, 1.82) is 0 Å². The molecule has 1 aromatic carbocycles. The number of nitrogens with one attached hydrogen (secondary N) is 1. The second-order valence-corrected chi connectivity index (χ2v) is 4.66. The number of carbonyl (C=O) groups excluding carboxylic acids is 1. The molecule has 0 aliphatic rings. The fourth-order valence-electron chi connectivity index (χ4n) is 1.83. The van der Waals surface area contributed by atoms with Crippen molar-refractivity contribution < 1.29 is 18.0 Å². The lowest BCUT2D eigenvalue weighted by atomic mass is 10.1. The van der Waals surface area contributed by atoms with Gasteiger partial charge in [-0.2, -0.15) is 18.3 Å². The standard InChI is InChI=1S/C14H14F3N3O/c1-10-3-2-4-11(7-10)8-18-13(21)9-20-6-5-12(19-20)14(15,16)17/h2-7H,8-9H2,1H3,(H,18,21). The van der Waals surface area contributed by atoms with Crippen molar-refractivity contribution in [1.82, 2.24) is 15.1 Å². The molecule has 4 nitrogen and oxygen atoms in total. The molecular weight excluding hydrogens is 283 g/mol. The monoisotopic (exact) mass is 297 g/mol. The molecule has 0 radical (unpaired) electrons. The van der Waals surface area contributed by atoms with Crippen molar-refractivity contribution in [3.63, 3.8) is 0 Å². The number of benzene rings is 1. The Labute approximate surface area is 119 Å². The van der Waals surface area contributed by atoms with Gasteiger partial charge < -0.3 is 5.32 Å². The van der Waals surface area contributed by atoms with Gasteiger partial charge in [0.15, 0.2) is 5.69 Å². The maximum absolute atomic E-state index is 12.4. The number of amides is 1. The number of alkyl halides is 3. The zero-order valence-corrected chi connectivity index (χ0v) is 11.3. The smallest absolute Gasteiger partial charge is 0.350 e. The molecule has 21 heavy (non-hydrogen) atoms. The van der Waals surface area contributed by atoms with Gasteiger partial charge in [-0.3, -0.25) is 9.48 Å². The molecule has 0 aliphatic heterocycles. The summed E-state index contributed by atoms with van der Waals surface area (Å²) in [7, 11) is 0. The Morgan fingerprint density at radius 2 is 2.10 bits per heavy atom. The molecule has 0 aliphatic carbocycles. The third kappa shape index (κ3) is 4.34. The van der Waals surface area contributed by atoms with E-state index < -0.39 is 17.8 Å². The maximum atomic E-state index is 12.4. The molecule has 1 heterocycles. The Hall–Kier alpha value is -2.31. The number of halogens is 3. The third-order valence-corrected chi connectivity index (χ3v) is 2.81. The molecule has 0 saturated carbocycles. The molecule has 0 spiro atoms. The molecule has 1 N–H and O–H groups in total. The molecule has 0 fully saturated rings. The molecule has 7 heteroatoms. The minimum Gasteiger partial charge on any atom is -0.350 e. The third-order valence-electron chi connectivity index (χ3n) is 2.81. The Balaban J connectivity index is 1.89. The van der Waals surface area contributed by atoms with E-state index in [0.717, 1.165) is 28.1 Å². The number of hydrogen-bond acceptors (Lipinski definition) is 2. The fraction of sp³-hybridized carbons (Fsp3) is 0.286. The van der Waals surface area contributed by atoms with Crippen molar-refractivity contribution in [2.75, 3.05) is 0 Å². The van der Waals surface area contributed by atoms with E-state index >= 15 is 0 Å². The average Bonchev–Trinajstić information content (AvgIpc) is 2.85. The topological polar surface area (TPSA) is 46.9 Å². The van der Waals surface area contributed by atoms with Gasteiger partial charge in [-0.05, 0) is 18.6 Å². The zero-order valence-electron chi connectivity index (χ0n) is 11.3. The first kappa shape index (κ1) is 15.1. The number of aryl methyl sites for hydroxylation is 1. The van der Waals surface area contributed by atoms with Crippen LogP contribution in [0.5, 0.6) is 0 Å². The zero-order chi connectivity index (χ0) is 15.5. The van der Waals surface area contributed by atoms with Crippen molar-refractivity contribution in [2.24, 2.45) is 0 Å². The van der Waals surface area contributed by atoms with Crippen LogP contribution < -0.4 is 5.32 Å². The Morgan fingerprint density at radius 1 is 1.33 bits per heavy atom. The number of aromatic nitrogens is 2. The predicted molar refractivity (Wildman–Crippen MR) is 70.3 cm³/mol. The lowest BCUT2D eigenvalue weighted by Crippen LogP contribution is -2.27. The molecule has 0 bridgehead atoms. The van der Waals surface area contributed by atoms with Crippen LogP contribution in [-0.4, -0.2) is 15.7 Å². The van der Waals surface area contributed by atoms with Crippen LogP contribution in [0.3, 0.4) is 0 Å². The first-order valence-electron chi connectivity index (χ1n) is 6.27. The van der Waals surface area contributed by atoms with Crippen LogP contribution in [-0.2, 0) is 24.1 Å². The van der Waals surface area contributed by atoms with Crippen LogP contribution in [0.1, 0.15) is 16.8 Å². The Morgan fingerprint density at radius 3 is 2.71 bits per heavy atom. The van der Waals surface area contributed by atoms with E-state index in [-0.39, 0.29) is 6.54 Å². The quantitative estimate of drug-likeness (QED) is 0.942. The van der Waals surface area contributed by atoms with Gasteiger partial charge >= 0.3 is 6.18 Å². The summed E-state index contributed by atoms with van der Waals surface area (Å²) in [6, 6.07) is 8.44. The van der Waals surface area contributed by atoms with Gasteiger partial charge in [-0.25, -0.2) is 0 Å². The van der Waals surface area contributed by atoms with E-state index in [9.17, 15) is 18.0 Å². The normalized spacial score (nSPS) is 11.4. The highest BCUT2D eigenvalue weighted by atomic mass is 19.4. The summed E-state index contributed by atoms with van der Waals surface area (Å²) < 4.78 is 38.1. The number of hydrogen-bond donors (Lipinski definition) is 1. The second kappa shape index (κ2) is 5.99. The summed E-state index contributed by atoms with van der Waals surface area (Å²) in [5, 5.41) is 5.96. The summed E-state index contributed by atoms with van der Waals surface area (Å²) >= 11 is 0. The van der Waals surface area contributed by atoms with Crippen LogP contribution in [0.15, 0.2) is 36.5 Å². The SMILES string of the molecule is Cc1cccc(CNC(=O)Cn2ccc(C(F)(F)F)n2)c1. The van der Waals surface area contributed by atoms with Crippen molar-refractivity contribution >= 4 is 5.91 Å². The highest BCUT2D eigenvalue weighted by Gasteiger charge is 2.33. The number of rotatable bonds is 4. The first-order valence-corrected chi connectivity index (χ1v) is 6.27. The molecule has 1 amide bonds. The van der Waals surface area contributed by atoms with Gasteiger partial charge in [0.1, 0.15) is 6.54 Å². The lowest BCUT2D eigenvalue weighted by Gasteiger charge is -2.06. The van der Waals surface area contributed by atoms with Gasteiger partial charge in [-0.1, -0.05) is 29.8 Å². The van der Waals surface area contributed by atoms with Crippen LogP contribution in [0.4, 0.5) is 13.2 Å². The molecular formula is C14H14F3N3O. The van der Waals surface area contributed by atoms with Crippen LogP contribution in [0.2, 0.25) is 0 Å². The Bertz CT molecular complexity index is 634. The fourth-order valence-corrected chi connectivity index (χ4v) is 1.83. The highest BCUT2D eigenvalue weighted by Crippen LogP contribution is 2.27. The van der Waals surface area contributed by atoms with Gasteiger partial charge in [0.25, 0.3) is 0 Å². The minimum atomic E-state index is -4.50. The number of carbonyl (C=O) groups is 1. The average molecular weight is 297 g/mol. The van der Waals surface area contributed by atoms with E-state index in [0.29, 0.717) is 6.54 Å². The summed E-state index contributed by atoms with van der Waals surface area (Å²) in [4.78, 5) is 11.7. The molecule has 2 aromatic rings. The van der Waals surface area contributed by atoms with E-state index in [1.807, 2.05) is 31.2 Å². The first-order chi connectivity index (χ1) is 9.84. The van der Waals surface area contributed by atoms with Crippen molar-refractivity contribution in [3.8, 4) is 0 Å². The van der Waals surface area contributed by atoms with Crippen molar-refractivity contribution in [2.45, 2.75) is 26.2 Å². The van der Waals surface area contributed by atoms with Crippen LogP contribution in [0, 0.1) is 6.92 Å². The molecule has 112 valence electrons. The van der Waals surface area contributed by atoms with E-state index in [1.165, 1.54) is 0 Å². The highest BCUT2D eigenvalue weighted by molar-refractivity contribution is 5.75. The van der Waals surface area contributed by atoms with Crippen LogP contribution in [0.25, 0.3) is 0 Å². The van der Waals surface area contributed by atoms with Crippen molar-refractivity contribution in [3.05, 3.63) is 53.3 Å². The molecule has 1 aromatic heterocycles. The van der Waals surface area contributed by atoms with Crippen LogP contribution >= 0.6 is 0 Å². The van der Waals surface area contributed by atoms with E-state index in [2.05, 4.69) is 10.4 Å². The molecule has 0 unspecified atom stereocenters. The van der Waals surface area contributed by atoms with Gasteiger partial charge in [-0.15, -0.1) is 0 Å². The second-order valence-electron chi connectivity index (χ2n) is 4.66. The summed E-state index contributed by atoms with van der Waals surface area (Å²) in [5.41, 5.74) is 0.998. The molecule has 0 atom stereocenters. The summed E-state index contributed by atoms with van der Waals surface area (Å²) in [6.07, 6.45) is -3.36. The maximum Gasteiger partial charge on any atom is 0.435 e. The van der Waals surface area contributed by atoms with E-state index in [4.69, 9.17) is 0 Å². The Kier molecular flexibility index (Phi) is 4.30. The lowest BCUT2D eigenvalue weighted by molar-refractivity contribution is -0.141. The van der Waals surface area contributed by atoms with Gasteiger partial charge in [0.05, 0.1) is 0 Å². The minimum absolute atomic E-state index is 0.248.